The van der Waals surface area contributed by atoms with Crippen LogP contribution in [0, 0.1) is 5.82 Å². The molecule has 2 amide bonds. The number of amides is 2. The molecule has 0 spiro atoms. The smallest absolute Gasteiger partial charge is 0.243 e. The Hall–Kier alpha value is -2.25. The summed E-state index contributed by atoms with van der Waals surface area (Å²) in [5, 5.41) is 4.05. The Kier molecular flexibility index (Phi) is 11.6. The first-order valence-corrected chi connectivity index (χ1v) is 14.1. The van der Waals surface area contributed by atoms with Gasteiger partial charge >= 0.3 is 0 Å². The number of halogens is 4. The van der Waals surface area contributed by atoms with Gasteiger partial charge in [-0.05, 0) is 36.2 Å². The molecule has 9 heteroatoms. The molecule has 3 rings (SSSR count). The van der Waals surface area contributed by atoms with Crippen LogP contribution in [0.25, 0.3) is 0 Å². The van der Waals surface area contributed by atoms with Crippen molar-refractivity contribution in [3.05, 3.63) is 104 Å². The van der Waals surface area contributed by atoms with Crippen molar-refractivity contribution in [2.24, 2.45) is 0 Å². The van der Waals surface area contributed by atoms with Crippen LogP contribution in [0.15, 0.2) is 66.7 Å². The van der Waals surface area contributed by atoms with Gasteiger partial charge in [0.1, 0.15) is 11.9 Å². The number of carbonyl (C=O) groups excluding carboxylic acids is 2. The van der Waals surface area contributed by atoms with E-state index in [-0.39, 0.29) is 29.9 Å². The average molecular weight is 582 g/mol. The van der Waals surface area contributed by atoms with Crippen molar-refractivity contribution >= 4 is 58.4 Å². The van der Waals surface area contributed by atoms with Crippen LogP contribution in [0.2, 0.25) is 15.1 Å². The quantitative estimate of drug-likeness (QED) is 0.246. The number of nitrogens with zero attached hydrogens (tertiary/aromatic N) is 1. The van der Waals surface area contributed by atoms with E-state index >= 15 is 0 Å². The Morgan fingerprint density at radius 3 is 2.16 bits per heavy atom. The number of benzene rings is 3. The molecule has 1 atom stereocenters. The van der Waals surface area contributed by atoms with E-state index in [9.17, 15) is 14.0 Å². The van der Waals surface area contributed by atoms with Crippen LogP contribution >= 0.6 is 46.6 Å². The minimum absolute atomic E-state index is 0.0130. The van der Waals surface area contributed by atoms with Crippen molar-refractivity contribution in [3.8, 4) is 0 Å². The lowest BCUT2D eigenvalue weighted by Gasteiger charge is -2.32. The summed E-state index contributed by atoms with van der Waals surface area (Å²) in [5.41, 5.74) is 1.81. The zero-order chi connectivity index (χ0) is 26.8. The third-order valence-electron chi connectivity index (χ3n) is 5.74. The van der Waals surface area contributed by atoms with Gasteiger partial charge in [0.05, 0.1) is 5.75 Å². The molecule has 0 aliphatic heterocycles. The van der Waals surface area contributed by atoms with Gasteiger partial charge in [-0.2, -0.15) is 0 Å². The maximum absolute atomic E-state index is 14.2. The third-order valence-corrected chi connectivity index (χ3v) is 7.75. The first-order valence-electron chi connectivity index (χ1n) is 11.9. The lowest BCUT2D eigenvalue weighted by atomic mass is 10.0. The molecule has 0 heterocycles. The molecule has 1 N–H and O–H groups in total. The van der Waals surface area contributed by atoms with Crippen molar-refractivity contribution < 1.29 is 14.0 Å². The SMILES string of the molecule is CCCNC(=O)[C@@H](Cc1ccccc1)N(Cc1c(Cl)cccc1Cl)C(=O)CSCc1c(F)cccc1Cl. The number of hydrogen-bond acceptors (Lipinski definition) is 3. The second-order valence-electron chi connectivity index (χ2n) is 8.41. The Morgan fingerprint density at radius 1 is 0.919 bits per heavy atom. The van der Waals surface area contributed by atoms with E-state index in [4.69, 9.17) is 34.8 Å². The third kappa shape index (κ3) is 8.37. The second-order valence-corrected chi connectivity index (χ2v) is 10.6. The minimum Gasteiger partial charge on any atom is -0.354 e. The van der Waals surface area contributed by atoms with Gasteiger partial charge in [-0.15, -0.1) is 11.8 Å². The maximum atomic E-state index is 14.2. The summed E-state index contributed by atoms with van der Waals surface area (Å²) >= 11 is 20.3. The molecule has 196 valence electrons. The summed E-state index contributed by atoms with van der Waals surface area (Å²) < 4.78 is 14.2. The lowest BCUT2D eigenvalue weighted by Crippen LogP contribution is -2.51. The summed E-state index contributed by atoms with van der Waals surface area (Å²) in [7, 11) is 0. The van der Waals surface area contributed by atoms with Gasteiger partial charge in [0.2, 0.25) is 11.8 Å². The van der Waals surface area contributed by atoms with Gasteiger partial charge in [-0.3, -0.25) is 9.59 Å². The largest absolute Gasteiger partial charge is 0.354 e. The van der Waals surface area contributed by atoms with Crippen molar-refractivity contribution in [1.29, 1.82) is 0 Å². The van der Waals surface area contributed by atoms with Crippen molar-refractivity contribution in [1.82, 2.24) is 10.2 Å². The van der Waals surface area contributed by atoms with E-state index in [0.29, 0.717) is 39.2 Å². The Bertz CT molecular complexity index is 1170. The Balaban J connectivity index is 1.90. The maximum Gasteiger partial charge on any atom is 0.243 e. The fourth-order valence-electron chi connectivity index (χ4n) is 3.77. The molecule has 4 nitrogen and oxygen atoms in total. The highest BCUT2D eigenvalue weighted by atomic mass is 35.5. The predicted octanol–water partition coefficient (Wildman–Crippen LogP) is 7.19. The molecule has 3 aromatic carbocycles. The predicted molar refractivity (Wildman–Crippen MR) is 152 cm³/mol. The first-order chi connectivity index (χ1) is 17.8. The van der Waals surface area contributed by atoms with Gasteiger partial charge in [-0.1, -0.05) is 84.2 Å². The molecule has 3 aromatic rings. The molecule has 37 heavy (non-hydrogen) atoms. The van der Waals surface area contributed by atoms with Crippen molar-refractivity contribution in [3.63, 3.8) is 0 Å². The van der Waals surface area contributed by atoms with Crippen LogP contribution in [0.3, 0.4) is 0 Å². The summed E-state index contributed by atoms with van der Waals surface area (Å²) in [6.45, 7) is 2.50. The van der Waals surface area contributed by atoms with E-state index in [1.807, 2.05) is 37.3 Å². The minimum atomic E-state index is -0.800. The molecule has 0 saturated carbocycles. The molecule has 0 unspecified atom stereocenters. The molecule has 0 radical (unpaired) electrons. The highest BCUT2D eigenvalue weighted by Gasteiger charge is 2.31. The van der Waals surface area contributed by atoms with Gasteiger partial charge in [0.25, 0.3) is 0 Å². The number of nitrogens with one attached hydrogen (secondary N) is 1. The molecule has 0 aliphatic carbocycles. The highest BCUT2D eigenvalue weighted by Crippen LogP contribution is 2.28. The fourth-order valence-corrected chi connectivity index (χ4v) is 5.53. The molecule has 0 aromatic heterocycles. The fraction of sp³-hybridized carbons (Fsp3) is 0.286. The molecule has 0 bridgehead atoms. The topological polar surface area (TPSA) is 49.4 Å². The van der Waals surface area contributed by atoms with Crippen LogP contribution in [0.1, 0.15) is 30.0 Å². The van der Waals surface area contributed by atoms with Gasteiger partial charge < -0.3 is 10.2 Å². The normalized spacial score (nSPS) is 11.7. The van der Waals surface area contributed by atoms with E-state index in [1.54, 1.807) is 24.3 Å². The van der Waals surface area contributed by atoms with E-state index < -0.39 is 11.9 Å². The molecule has 0 fully saturated rings. The summed E-state index contributed by atoms with van der Waals surface area (Å²) in [6, 6.07) is 18.3. The standard InChI is InChI=1S/C28H28Cl3FN2O2S/c1-2-14-33-28(36)26(15-19-8-4-3-5-9-19)34(16-20-22(29)10-6-11-23(20)30)27(35)18-37-17-21-24(31)12-7-13-25(21)32/h3-13,26H,2,14-18H2,1H3,(H,33,36)/t26-/m1/s1. The average Bonchev–Trinajstić information content (AvgIpc) is 2.88. The summed E-state index contributed by atoms with van der Waals surface area (Å²) in [4.78, 5) is 28.5. The van der Waals surface area contributed by atoms with Crippen molar-refractivity contribution in [2.45, 2.75) is 38.1 Å². The zero-order valence-electron chi connectivity index (χ0n) is 20.4. The van der Waals surface area contributed by atoms with Crippen LogP contribution in [-0.4, -0.2) is 35.1 Å². The summed E-state index contributed by atoms with van der Waals surface area (Å²) in [5.74, 6) is -0.749. The summed E-state index contributed by atoms with van der Waals surface area (Å²) in [6.07, 6.45) is 1.07. The van der Waals surface area contributed by atoms with Gasteiger partial charge in [0, 0.05) is 51.5 Å². The van der Waals surface area contributed by atoms with Gasteiger partial charge in [0.15, 0.2) is 0 Å². The number of hydrogen-bond donors (Lipinski definition) is 1. The first kappa shape index (κ1) is 29.3. The monoisotopic (exact) mass is 580 g/mol. The van der Waals surface area contributed by atoms with E-state index in [2.05, 4.69) is 5.32 Å². The Morgan fingerprint density at radius 2 is 1.54 bits per heavy atom. The van der Waals surface area contributed by atoms with E-state index in [0.717, 1.165) is 12.0 Å². The molecular weight excluding hydrogens is 554 g/mol. The van der Waals surface area contributed by atoms with Crippen LogP contribution in [0.5, 0.6) is 0 Å². The highest BCUT2D eigenvalue weighted by molar-refractivity contribution is 7.99. The number of rotatable bonds is 12. The lowest BCUT2D eigenvalue weighted by molar-refractivity contribution is -0.139. The Labute approximate surface area is 236 Å². The molecular formula is C28H28Cl3FN2O2S. The van der Waals surface area contributed by atoms with E-state index in [1.165, 1.54) is 28.8 Å². The second kappa shape index (κ2) is 14.6. The van der Waals surface area contributed by atoms with Crippen LogP contribution in [0.4, 0.5) is 4.39 Å². The van der Waals surface area contributed by atoms with Crippen LogP contribution in [-0.2, 0) is 28.3 Å². The van der Waals surface area contributed by atoms with Gasteiger partial charge in [-0.25, -0.2) is 4.39 Å². The number of carbonyl (C=O) groups is 2. The van der Waals surface area contributed by atoms with Crippen molar-refractivity contribution in [2.75, 3.05) is 12.3 Å². The van der Waals surface area contributed by atoms with Crippen LogP contribution < -0.4 is 5.32 Å². The number of thioether (sulfide) groups is 1. The molecule has 0 saturated heterocycles. The molecule has 0 aliphatic rings. The zero-order valence-corrected chi connectivity index (χ0v) is 23.4.